The van der Waals surface area contributed by atoms with Crippen LogP contribution in [0.2, 0.25) is 0 Å². The van der Waals surface area contributed by atoms with E-state index in [1.165, 1.54) is 0 Å². The molecule has 0 aromatic rings. The molecule has 0 fully saturated rings. The molecule has 0 aromatic carbocycles. The van der Waals surface area contributed by atoms with Crippen LogP contribution in [0.5, 0.6) is 0 Å². The number of nitrogens with zero attached hydrogens (tertiary/aromatic N) is 3. The monoisotopic (exact) mass is 235 g/mol. The second-order valence-corrected chi connectivity index (χ2v) is 4.99. The number of unbranched alkanes of at least 4 members (excludes halogenated alkanes) is 2. The predicted octanol–water partition coefficient (Wildman–Crippen LogP) is 2.22. The van der Waals surface area contributed by atoms with Gasteiger partial charge in [0, 0.05) is 4.91 Å². The summed E-state index contributed by atoms with van der Waals surface area (Å²) in [5.41, 5.74) is 8.28. The van der Waals surface area contributed by atoms with Gasteiger partial charge in [0.2, 0.25) is 0 Å². The van der Waals surface area contributed by atoms with Crippen LogP contribution in [0.25, 0.3) is 10.4 Å². The lowest BCUT2D eigenvalue weighted by molar-refractivity contribution is 0.285. The molecule has 1 unspecified atom stereocenters. The summed E-state index contributed by atoms with van der Waals surface area (Å²) in [6.45, 7) is 2.00. The second-order valence-electron chi connectivity index (χ2n) is 3.34. The fraction of sp³-hybridized carbons (Fsp3) is 1.00. The molecule has 0 aliphatic carbocycles. The normalized spacial score (nSPS) is 13.2. The third-order valence-electron chi connectivity index (χ3n) is 1.83. The van der Waals surface area contributed by atoms with Crippen LogP contribution in [0, 0.1) is 0 Å². The smallest absolute Gasteiger partial charge is 0.264 e. The van der Waals surface area contributed by atoms with E-state index in [9.17, 15) is 8.42 Å². The first kappa shape index (κ1) is 14.2. The van der Waals surface area contributed by atoms with Crippen LogP contribution >= 0.6 is 0 Å². The summed E-state index contributed by atoms with van der Waals surface area (Å²) in [7, 11) is -3.45. The lowest BCUT2D eigenvalue weighted by Crippen LogP contribution is -2.16. The van der Waals surface area contributed by atoms with Gasteiger partial charge >= 0.3 is 0 Å². The summed E-state index contributed by atoms with van der Waals surface area (Å²) in [6.07, 6.45) is 4.65. The van der Waals surface area contributed by atoms with Gasteiger partial charge in [-0.2, -0.15) is 8.42 Å². The van der Waals surface area contributed by atoms with Crippen molar-refractivity contribution in [2.75, 3.05) is 12.9 Å². The molecule has 0 heterocycles. The topological polar surface area (TPSA) is 92.1 Å². The van der Waals surface area contributed by atoms with Crippen molar-refractivity contribution in [3.8, 4) is 0 Å². The molecule has 0 saturated carbocycles. The van der Waals surface area contributed by atoms with Crippen molar-refractivity contribution in [1.29, 1.82) is 0 Å². The maximum Gasteiger partial charge on any atom is 0.264 e. The standard InChI is InChI=1S/C8H17N3O3S/c1-3-4-5-6-8(10-11-9)7-14-15(2,12)13/h8H,3-7H2,1-2H3. The molecule has 15 heavy (non-hydrogen) atoms. The molecule has 88 valence electrons. The summed E-state index contributed by atoms with van der Waals surface area (Å²) in [4.78, 5) is 2.67. The number of azide groups is 1. The SMILES string of the molecule is CCCCCC(COS(C)(=O)=O)N=[N+]=[N-]. The van der Waals surface area contributed by atoms with Gasteiger partial charge < -0.3 is 0 Å². The first-order valence-corrected chi connectivity index (χ1v) is 6.70. The Labute approximate surface area is 90.4 Å². The van der Waals surface area contributed by atoms with Gasteiger partial charge in [0.25, 0.3) is 10.1 Å². The Morgan fingerprint density at radius 3 is 2.60 bits per heavy atom. The fourth-order valence-corrected chi connectivity index (χ4v) is 1.48. The van der Waals surface area contributed by atoms with E-state index in [2.05, 4.69) is 21.1 Å². The van der Waals surface area contributed by atoms with Crippen LogP contribution < -0.4 is 0 Å². The number of hydrogen-bond acceptors (Lipinski definition) is 4. The van der Waals surface area contributed by atoms with Crippen molar-refractivity contribution in [1.82, 2.24) is 0 Å². The quantitative estimate of drug-likeness (QED) is 0.212. The van der Waals surface area contributed by atoms with Crippen molar-refractivity contribution in [2.45, 2.75) is 38.6 Å². The maximum absolute atomic E-state index is 10.7. The molecular formula is C8H17N3O3S. The van der Waals surface area contributed by atoms with E-state index in [0.29, 0.717) is 6.42 Å². The van der Waals surface area contributed by atoms with Gasteiger partial charge in [-0.3, -0.25) is 4.18 Å². The lowest BCUT2D eigenvalue weighted by Gasteiger charge is -2.09. The van der Waals surface area contributed by atoms with E-state index in [1.807, 2.05) is 0 Å². The van der Waals surface area contributed by atoms with Gasteiger partial charge in [0.05, 0.1) is 18.9 Å². The molecular weight excluding hydrogens is 218 g/mol. The molecule has 7 heteroatoms. The Kier molecular flexibility index (Phi) is 7.11. The van der Waals surface area contributed by atoms with Crippen LogP contribution in [0.4, 0.5) is 0 Å². The van der Waals surface area contributed by atoms with E-state index < -0.39 is 16.2 Å². The molecule has 0 radical (unpaired) electrons. The molecule has 0 saturated heterocycles. The molecule has 0 aliphatic rings. The minimum Gasteiger partial charge on any atom is -0.270 e. The number of hydrogen-bond donors (Lipinski definition) is 0. The highest BCUT2D eigenvalue weighted by Crippen LogP contribution is 2.08. The Balaban J connectivity index is 3.99. The zero-order chi connectivity index (χ0) is 11.7. The molecule has 0 aliphatic heterocycles. The van der Waals surface area contributed by atoms with Crippen LogP contribution in [0.3, 0.4) is 0 Å². The van der Waals surface area contributed by atoms with Crippen molar-refractivity contribution in [2.24, 2.45) is 5.11 Å². The zero-order valence-corrected chi connectivity index (χ0v) is 9.90. The molecule has 6 nitrogen and oxygen atoms in total. The minimum atomic E-state index is -3.45. The molecule has 0 amide bonds. The third-order valence-corrected chi connectivity index (χ3v) is 2.39. The predicted molar refractivity (Wildman–Crippen MR) is 57.9 cm³/mol. The minimum absolute atomic E-state index is 0.0629. The van der Waals surface area contributed by atoms with Gasteiger partial charge in [-0.1, -0.05) is 31.3 Å². The highest BCUT2D eigenvalue weighted by Gasteiger charge is 2.10. The van der Waals surface area contributed by atoms with E-state index >= 15 is 0 Å². The van der Waals surface area contributed by atoms with Gasteiger partial charge in [-0.15, -0.1) is 0 Å². The lowest BCUT2D eigenvalue weighted by atomic mass is 10.1. The van der Waals surface area contributed by atoms with E-state index in [0.717, 1.165) is 25.5 Å². The fourth-order valence-electron chi connectivity index (χ4n) is 1.08. The Hall–Kier alpha value is -0.780. The average molecular weight is 235 g/mol. The largest absolute Gasteiger partial charge is 0.270 e. The van der Waals surface area contributed by atoms with Crippen molar-refractivity contribution >= 4 is 10.1 Å². The van der Waals surface area contributed by atoms with Crippen molar-refractivity contribution in [3.63, 3.8) is 0 Å². The average Bonchev–Trinajstić information content (AvgIpc) is 2.13. The Bertz CT molecular complexity index is 309. The molecule has 0 rings (SSSR count). The molecule has 0 aromatic heterocycles. The number of rotatable bonds is 8. The van der Waals surface area contributed by atoms with Gasteiger partial charge in [0.15, 0.2) is 0 Å². The highest BCUT2D eigenvalue weighted by molar-refractivity contribution is 7.85. The van der Waals surface area contributed by atoms with Gasteiger partial charge in [0.1, 0.15) is 0 Å². The zero-order valence-electron chi connectivity index (χ0n) is 9.09. The van der Waals surface area contributed by atoms with Gasteiger partial charge in [-0.25, -0.2) is 0 Å². The van der Waals surface area contributed by atoms with Gasteiger partial charge in [-0.05, 0) is 12.0 Å². The van der Waals surface area contributed by atoms with Crippen LogP contribution in [-0.2, 0) is 14.3 Å². The maximum atomic E-state index is 10.7. The molecule has 0 bridgehead atoms. The van der Waals surface area contributed by atoms with Crippen molar-refractivity contribution in [3.05, 3.63) is 10.4 Å². The molecule has 0 N–H and O–H groups in total. The molecule has 1 atom stereocenters. The Morgan fingerprint density at radius 2 is 2.13 bits per heavy atom. The molecule has 0 spiro atoms. The third kappa shape index (κ3) is 9.52. The second kappa shape index (κ2) is 7.50. The summed E-state index contributed by atoms with van der Waals surface area (Å²) in [6, 6.07) is -0.392. The van der Waals surface area contributed by atoms with Crippen molar-refractivity contribution < 1.29 is 12.6 Å². The van der Waals surface area contributed by atoms with E-state index in [4.69, 9.17) is 5.53 Å². The summed E-state index contributed by atoms with van der Waals surface area (Å²) in [5.74, 6) is 0. The van der Waals surface area contributed by atoms with E-state index in [1.54, 1.807) is 0 Å². The Morgan fingerprint density at radius 1 is 1.47 bits per heavy atom. The van der Waals surface area contributed by atoms with Crippen LogP contribution in [0.15, 0.2) is 5.11 Å². The summed E-state index contributed by atoms with van der Waals surface area (Å²) in [5, 5.41) is 3.49. The van der Waals surface area contributed by atoms with E-state index in [-0.39, 0.29) is 6.61 Å². The first-order valence-electron chi connectivity index (χ1n) is 4.88. The van der Waals surface area contributed by atoms with Crippen LogP contribution in [-0.4, -0.2) is 27.3 Å². The first-order chi connectivity index (χ1) is 6.99. The van der Waals surface area contributed by atoms with Crippen LogP contribution in [0.1, 0.15) is 32.6 Å². The highest BCUT2D eigenvalue weighted by atomic mass is 32.2. The summed E-state index contributed by atoms with van der Waals surface area (Å²) >= 11 is 0. The summed E-state index contributed by atoms with van der Waals surface area (Å²) < 4.78 is 26.0.